The molecule has 0 N–H and O–H groups in total. The number of carbonyl (C=O) groups excluding carboxylic acids is 1. The van der Waals surface area contributed by atoms with E-state index in [4.69, 9.17) is 14.1 Å². The molecule has 0 radical (unpaired) electrons. The van der Waals surface area contributed by atoms with Crippen molar-refractivity contribution >= 4 is 25.5 Å². The van der Waals surface area contributed by atoms with Crippen LogP contribution in [0.15, 0.2) is 30.5 Å². The third-order valence-electron chi connectivity index (χ3n) is 8.92. The summed E-state index contributed by atoms with van der Waals surface area (Å²) in [5.74, 6) is 0.513. The number of hydrogen-bond donors (Lipinski definition) is 0. The monoisotopic (exact) mass is 536 g/mol. The average molecular weight is 537 g/mol. The maximum Gasteiger partial charge on any atom is 0.340 e. The number of nitrogens with zero attached hydrogens (tertiary/aromatic N) is 2. The molecule has 1 aliphatic rings. The Morgan fingerprint density at radius 1 is 1.24 bits per heavy atom. The molecular weight excluding hydrogens is 495 g/mol. The highest BCUT2D eigenvalue weighted by molar-refractivity contribution is 6.75. The van der Waals surface area contributed by atoms with Crippen molar-refractivity contribution in [3.8, 4) is 5.75 Å². The minimum absolute atomic E-state index is 0.0369. The fourth-order valence-corrected chi connectivity index (χ4v) is 7.49. The summed E-state index contributed by atoms with van der Waals surface area (Å²) in [7, 11) is -2.36. The van der Waals surface area contributed by atoms with Crippen molar-refractivity contribution in [3.05, 3.63) is 69.9 Å². The van der Waals surface area contributed by atoms with Crippen LogP contribution in [0.1, 0.15) is 79.5 Å². The minimum Gasteiger partial charge on any atom is -0.541 e. The molecule has 0 spiro atoms. The predicted octanol–water partition coefficient (Wildman–Crippen LogP) is 7.86. The van der Waals surface area contributed by atoms with Gasteiger partial charge in [-0.25, -0.2) is 14.2 Å². The zero-order valence-corrected chi connectivity index (χ0v) is 25.3. The lowest BCUT2D eigenvalue weighted by molar-refractivity contribution is 0.0524. The number of fused-ring (bicyclic) bond motifs is 2. The van der Waals surface area contributed by atoms with Crippen molar-refractivity contribution in [3.63, 3.8) is 0 Å². The van der Waals surface area contributed by atoms with Crippen molar-refractivity contribution in [1.82, 2.24) is 9.38 Å². The summed E-state index contributed by atoms with van der Waals surface area (Å²) in [5, 5.41) is -0.0369. The fourth-order valence-electron chi connectivity index (χ4n) is 5.11. The van der Waals surface area contributed by atoms with Crippen molar-refractivity contribution in [1.29, 1.82) is 0 Å². The molecule has 0 fully saturated rings. The first kappa shape index (κ1) is 28.1. The van der Waals surface area contributed by atoms with Crippen molar-refractivity contribution in [2.75, 3.05) is 6.61 Å². The van der Waals surface area contributed by atoms with Crippen LogP contribution in [0.4, 0.5) is 4.39 Å². The fraction of sp³-hybridized carbons (Fsp3) is 0.484. The highest BCUT2D eigenvalue weighted by atomic mass is 28.4. The van der Waals surface area contributed by atoms with Crippen molar-refractivity contribution in [2.45, 2.75) is 85.9 Å². The van der Waals surface area contributed by atoms with Gasteiger partial charge in [-0.3, -0.25) is 0 Å². The first-order valence-corrected chi connectivity index (χ1v) is 16.5. The number of pyridine rings is 1. The Balaban J connectivity index is 1.93. The SMILES string of the molecule is CCOC(=O)c1cn2c(C)c(C)nc2c(O[Si](C)(C)C(C)(C)C(C)C)c1C/C=C1\CCc2cc(F)ccc21. The van der Waals surface area contributed by atoms with Crippen LogP contribution < -0.4 is 4.43 Å². The molecule has 0 amide bonds. The number of halogens is 1. The van der Waals surface area contributed by atoms with E-state index in [0.29, 0.717) is 23.7 Å². The number of aryl methyl sites for hydroxylation is 3. The third kappa shape index (κ3) is 4.93. The second-order valence-corrected chi connectivity index (χ2v) is 16.3. The standard InChI is InChI=1S/C31H41FN2O3Si/c1-10-36-30(35)27-18-34-21(5)20(4)33-29(34)28(37-38(8,9)31(6,7)19(2)3)26(27)15-13-22-11-12-23-17-24(32)14-16-25(22)23/h13-14,16-19H,10-12,15H2,1-9H3/b22-13+. The van der Waals surface area contributed by atoms with E-state index in [1.807, 2.05) is 37.4 Å². The Hall–Kier alpha value is -2.93. The van der Waals surface area contributed by atoms with E-state index in [2.05, 4.69) is 46.9 Å². The van der Waals surface area contributed by atoms with Crippen LogP contribution >= 0.6 is 0 Å². The molecule has 0 unspecified atom stereocenters. The Morgan fingerprint density at radius 2 is 1.95 bits per heavy atom. The normalized spacial score (nSPS) is 15.0. The smallest absolute Gasteiger partial charge is 0.340 e. The van der Waals surface area contributed by atoms with Crippen LogP contribution in [0.25, 0.3) is 11.2 Å². The van der Waals surface area contributed by atoms with Gasteiger partial charge in [-0.05, 0) is 92.9 Å². The van der Waals surface area contributed by atoms with Gasteiger partial charge in [0, 0.05) is 17.5 Å². The number of allylic oxidation sites excluding steroid dienone is 2. The van der Waals surface area contributed by atoms with Crippen LogP contribution in [0.5, 0.6) is 5.75 Å². The van der Waals surface area contributed by atoms with E-state index in [1.165, 1.54) is 6.07 Å². The van der Waals surface area contributed by atoms with Gasteiger partial charge in [0.25, 0.3) is 8.32 Å². The lowest BCUT2D eigenvalue weighted by atomic mass is 9.99. The molecule has 5 nitrogen and oxygen atoms in total. The van der Waals surface area contributed by atoms with E-state index >= 15 is 0 Å². The molecule has 1 aliphatic carbocycles. The molecule has 2 aromatic heterocycles. The quantitative estimate of drug-likeness (QED) is 0.217. The molecule has 2 heterocycles. The Bertz CT molecular complexity index is 1420. The third-order valence-corrected chi connectivity index (χ3v) is 13.3. The van der Waals surface area contributed by atoms with Gasteiger partial charge in [0.2, 0.25) is 0 Å². The summed E-state index contributed by atoms with van der Waals surface area (Å²) in [5.41, 5.74) is 7.16. The number of carbonyl (C=O) groups is 1. The number of rotatable bonds is 8. The maximum atomic E-state index is 13.8. The number of hydrogen-bond acceptors (Lipinski definition) is 4. The van der Waals surface area contributed by atoms with Crippen LogP contribution in [0.3, 0.4) is 0 Å². The van der Waals surface area contributed by atoms with Gasteiger partial charge in [0.15, 0.2) is 11.4 Å². The van der Waals surface area contributed by atoms with Crippen LogP contribution in [-0.4, -0.2) is 30.3 Å². The van der Waals surface area contributed by atoms with E-state index < -0.39 is 8.32 Å². The molecule has 1 aromatic carbocycles. The summed E-state index contributed by atoms with van der Waals surface area (Å²) >= 11 is 0. The van der Waals surface area contributed by atoms with Gasteiger partial charge < -0.3 is 13.6 Å². The lowest BCUT2D eigenvalue weighted by Gasteiger charge is -2.42. The number of aromatic nitrogens is 2. The predicted molar refractivity (Wildman–Crippen MR) is 154 cm³/mol. The van der Waals surface area contributed by atoms with Crippen LogP contribution in [0, 0.1) is 25.6 Å². The number of imidazole rings is 1. The summed E-state index contributed by atoms with van der Waals surface area (Å²) < 4.78 is 28.4. The van der Waals surface area contributed by atoms with Crippen molar-refractivity contribution in [2.24, 2.45) is 5.92 Å². The van der Waals surface area contributed by atoms with Gasteiger partial charge in [-0.15, -0.1) is 0 Å². The molecule has 0 saturated carbocycles. The van der Waals surface area contributed by atoms with Gasteiger partial charge in [0.1, 0.15) is 5.82 Å². The van der Waals surface area contributed by atoms with E-state index in [-0.39, 0.29) is 23.4 Å². The van der Waals surface area contributed by atoms with E-state index in [9.17, 15) is 9.18 Å². The molecule has 0 atom stereocenters. The van der Waals surface area contributed by atoms with E-state index in [0.717, 1.165) is 52.1 Å². The molecular formula is C31H41FN2O3Si. The Morgan fingerprint density at radius 3 is 2.61 bits per heavy atom. The lowest BCUT2D eigenvalue weighted by Crippen LogP contribution is -2.48. The number of ether oxygens (including phenoxy) is 1. The van der Waals surface area contributed by atoms with Gasteiger partial charge in [-0.2, -0.15) is 0 Å². The number of benzene rings is 1. The summed E-state index contributed by atoms with van der Waals surface area (Å²) in [4.78, 5) is 18.2. The Labute approximate surface area is 227 Å². The molecule has 3 aromatic rings. The van der Waals surface area contributed by atoms with Crippen LogP contribution in [0.2, 0.25) is 18.1 Å². The molecule has 38 heavy (non-hydrogen) atoms. The number of esters is 1. The molecule has 204 valence electrons. The zero-order chi connectivity index (χ0) is 28.0. The summed E-state index contributed by atoms with van der Waals surface area (Å²) in [6, 6.07) is 5.00. The molecule has 0 saturated heterocycles. The molecule has 0 bridgehead atoms. The second kappa shape index (κ2) is 10.3. The zero-order valence-electron chi connectivity index (χ0n) is 24.3. The maximum absolute atomic E-state index is 13.8. The van der Waals surface area contributed by atoms with Gasteiger partial charge >= 0.3 is 5.97 Å². The first-order chi connectivity index (χ1) is 17.8. The first-order valence-electron chi connectivity index (χ1n) is 13.6. The Kier molecular flexibility index (Phi) is 7.63. The van der Waals surface area contributed by atoms with Crippen molar-refractivity contribution < 1.29 is 18.3 Å². The topological polar surface area (TPSA) is 52.8 Å². The highest BCUT2D eigenvalue weighted by Crippen LogP contribution is 2.46. The summed E-state index contributed by atoms with van der Waals surface area (Å²) in [6.07, 6.45) is 6.16. The van der Waals surface area contributed by atoms with Gasteiger partial charge in [-0.1, -0.05) is 39.8 Å². The second-order valence-electron chi connectivity index (χ2n) is 11.8. The largest absolute Gasteiger partial charge is 0.541 e. The minimum atomic E-state index is -2.36. The molecule has 4 rings (SSSR count). The molecule has 7 heteroatoms. The average Bonchev–Trinajstić information content (AvgIpc) is 3.37. The van der Waals surface area contributed by atoms with Gasteiger partial charge in [0.05, 0.1) is 17.9 Å². The summed E-state index contributed by atoms with van der Waals surface area (Å²) in [6.45, 7) is 19.6. The van der Waals surface area contributed by atoms with Crippen LogP contribution in [-0.2, 0) is 17.6 Å². The molecule has 0 aliphatic heterocycles. The highest BCUT2D eigenvalue weighted by Gasteiger charge is 2.46. The van der Waals surface area contributed by atoms with E-state index in [1.54, 1.807) is 6.07 Å².